The van der Waals surface area contributed by atoms with Gasteiger partial charge in [0, 0.05) is 25.2 Å². The second-order valence-corrected chi connectivity index (χ2v) is 4.95. The zero-order valence-corrected chi connectivity index (χ0v) is 11.0. The number of hydrogen-bond acceptors (Lipinski definition) is 3. The highest BCUT2D eigenvalue weighted by molar-refractivity contribution is 5.78. The molecular formula is C12H25N3O. The first kappa shape index (κ1) is 13.5. The molecule has 1 rings (SSSR count). The highest BCUT2D eigenvalue weighted by atomic mass is 16.2. The number of likely N-dealkylation sites (N-methyl/N-ethyl adjacent to an activating group) is 2. The molecule has 1 unspecified atom stereocenters. The van der Waals surface area contributed by atoms with Crippen LogP contribution in [0.1, 0.15) is 26.7 Å². The summed E-state index contributed by atoms with van der Waals surface area (Å²) in [6.45, 7) is 6.61. The monoisotopic (exact) mass is 227 g/mol. The smallest absolute Gasteiger partial charge is 0.237 e. The zero-order chi connectivity index (χ0) is 12.1. The summed E-state index contributed by atoms with van der Waals surface area (Å²) in [5, 5.41) is 3.16. The fourth-order valence-corrected chi connectivity index (χ4v) is 2.10. The third-order valence-electron chi connectivity index (χ3n) is 3.40. The summed E-state index contributed by atoms with van der Waals surface area (Å²) in [5.41, 5.74) is 0. The summed E-state index contributed by atoms with van der Waals surface area (Å²) in [6.07, 6.45) is 2.28. The molecule has 0 aromatic carbocycles. The van der Waals surface area contributed by atoms with E-state index in [1.54, 1.807) is 0 Å². The van der Waals surface area contributed by atoms with Crippen molar-refractivity contribution in [3.05, 3.63) is 0 Å². The normalized spacial score (nSPS) is 21.1. The van der Waals surface area contributed by atoms with E-state index in [0.717, 1.165) is 25.9 Å². The van der Waals surface area contributed by atoms with Gasteiger partial charge in [0.1, 0.15) is 0 Å². The molecule has 1 N–H and O–H groups in total. The van der Waals surface area contributed by atoms with Crippen LogP contribution in [0.15, 0.2) is 0 Å². The van der Waals surface area contributed by atoms with Crippen molar-refractivity contribution in [3.63, 3.8) is 0 Å². The molecule has 0 saturated carbocycles. The van der Waals surface area contributed by atoms with Gasteiger partial charge in [-0.1, -0.05) is 0 Å². The predicted molar refractivity (Wildman–Crippen MR) is 66.4 cm³/mol. The van der Waals surface area contributed by atoms with Gasteiger partial charge in [-0.25, -0.2) is 0 Å². The van der Waals surface area contributed by atoms with Crippen molar-refractivity contribution in [2.24, 2.45) is 0 Å². The number of nitrogens with zero attached hydrogens (tertiary/aromatic N) is 2. The molecule has 4 heteroatoms. The van der Waals surface area contributed by atoms with E-state index in [0.29, 0.717) is 18.6 Å². The summed E-state index contributed by atoms with van der Waals surface area (Å²) in [7, 11) is 3.95. The van der Waals surface area contributed by atoms with Crippen molar-refractivity contribution >= 4 is 5.91 Å². The molecule has 16 heavy (non-hydrogen) atoms. The third-order valence-corrected chi connectivity index (χ3v) is 3.40. The second-order valence-electron chi connectivity index (χ2n) is 4.95. The quantitative estimate of drug-likeness (QED) is 0.744. The molecule has 1 aliphatic rings. The molecular weight excluding hydrogens is 202 g/mol. The van der Waals surface area contributed by atoms with Gasteiger partial charge in [0.15, 0.2) is 0 Å². The molecule has 0 radical (unpaired) electrons. The Labute approximate surface area is 99.0 Å². The Bertz CT molecular complexity index is 230. The molecule has 1 heterocycles. The molecule has 0 aromatic heterocycles. The molecule has 4 nitrogen and oxygen atoms in total. The summed E-state index contributed by atoms with van der Waals surface area (Å²) >= 11 is 0. The van der Waals surface area contributed by atoms with E-state index in [1.807, 2.05) is 19.0 Å². The standard InChI is InChI=1S/C12H25N3O/c1-10(2)14(4)9-12(16)15-7-5-6-11(15)8-13-3/h10-11,13H,5-9H2,1-4H3. The van der Waals surface area contributed by atoms with Crippen LogP contribution in [0.3, 0.4) is 0 Å². The molecule has 1 aliphatic heterocycles. The van der Waals surface area contributed by atoms with Crippen LogP contribution in [-0.4, -0.2) is 61.5 Å². The van der Waals surface area contributed by atoms with Crippen molar-refractivity contribution in [3.8, 4) is 0 Å². The Kier molecular flexibility index (Phi) is 5.22. The van der Waals surface area contributed by atoms with Gasteiger partial charge in [-0.3, -0.25) is 9.69 Å². The first-order valence-electron chi connectivity index (χ1n) is 6.20. The van der Waals surface area contributed by atoms with Gasteiger partial charge >= 0.3 is 0 Å². The van der Waals surface area contributed by atoms with E-state index in [4.69, 9.17) is 0 Å². The van der Waals surface area contributed by atoms with Crippen molar-refractivity contribution in [2.45, 2.75) is 38.8 Å². The van der Waals surface area contributed by atoms with Crippen LogP contribution in [0, 0.1) is 0 Å². The minimum absolute atomic E-state index is 0.272. The van der Waals surface area contributed by atoms with Crippen LogP contribution in [0.5, 0.6) is 0 Å². The van der Waals surface area contributed by atoms with E-state index in [2.05, 4.69) is 24.1 Å². The summed E-state index contributed by atoms with van der Waals surface area (Å²) in [5.74, 6) is 0.272. The maximum Gasteiger partial charge on any atom is 0.237 e. The van der Waals surface area contributed by atoms with Gasteiger partial charge in [-0.15, -0.1) is 0 Å². The third kappa shape index (κ3) is 3.46. The highest BCUT2D eigenvalue weighted by Crippen LogP contribution is 2.16. The first-order chi connectivity index (χ1) is 7.56. The molecule has 1 fully saturated rings. The van der Waals surface area contributed by atoms with Crippen molar-refractivity contribution in [1.29, 1.82) is 0 Å². The number of carbonyl (C=O) groups excluding carboxylic acids is 1. The topological polar surface area (TPSA) is 35.6 Å². The molecule has 1 saturated heterocycles. The van der Waals surface area contributed by atoms with E-state index < -0.39 is 0 Å². The molecule has 0 aromatic rings. The average molecular weight is 227 g/mol. The SMILES string of the molecule is CNCC1CCCN1C(=O)CN(C)C(C)C. The number of rotatable bonds is 5. The van der Waals surface area contributed by atoms with Crippen LogP contribution in [0.2, 0.25) is 0 Å². The van der Waals surface area contributed by atoms with Crippen LogP contribution in [-0.2, 0) is 4.79 Å². The molecule has 0 bridgehead atoms. The Balaban J connectivity index is 2.46. The predicted octanol–water partition coefficient (Wildman–Crippen LogP) is 0.537. The minimum atomic E-state index is 0.272. The summed E-state index contributed by atoms with van der Waals surface area (Å²) in [6, 6.07) is 0.826. The van der Waals surface area contributed by atoms with Crippen molar-refractivity contribution in [1.82, 2.24) is 15.1 Å². The largest absolute Gasteiger partial charge is 0.337 e. The molecule has 1 amide bonds. The van der Waals surface area contributed by atoms with E-state index in [9.17, 15) is 4.79 Å². The van der Waals surface area contributed by atoms with Crippen LogP contribution in [0.4, 0.5) is 0 Å². The van der Waals surface area contributed by atoms with E-state index >= 15 is 0 Å². The van der Waals surface area contributed by atoms with Crippen LogP contribution in [0.25, 0.3) is 0 Å². The van der Waals surface area contributed by atoms with Crippen molar-refractivity contribution in [2.75, 3.05) is 33.7 Å². The molecule has 94 valence electrons. The summed E-state index contributed by atoms with van der Waals surface area (Å²) < 4.78 is 0. The van der Waals surface area contributed by atoms with E-state index in [-0.39, 0.29) is 5.91 Å². The van der Waals surface area contributed by atoms with Gasteiger partial charge in [0.25, 0.3) is 0 Å². The average Bonchev–Trinajstić information content (AvgIpc) is 2.66. The zero-order valence-electron chi connectivity index (χ0n) is 11.0. The maximum absolute atomic E-state index is 12.1. The molecule has 1 atom stereocenters. The fraction of sp³-hybridized carbons (Fsp3) is 0.917. The minimum Gasteiger partial charge on any atom is -0.337 e. The number of hydrogen-bond donors (Lipinski definition) is 1. The Hall–Kier alpha value is -0.610. The second kappa shape index (κ2) is 6.21. The molecule has 0 spiro atoms. The number of likely N-dealkylation sites (tertiary alicyclic amines) is 1. The lowest BCUT2D eigenvalue weighted by Gasteiger charge is -2.28. The summed E-state index contributed by atoms with van der Waals surface area (Å²) in [4.78, 5) is 16.2. The lowest BCUT2D eigenvalue weighted by Crippen LogP contribution is -2.46. The first-order valence-corrected chi connectivity index (χ1v) is 6.20. The van der Waals surface area contributed by atoms with E-state index in [1.165, 1.54) is 0 Å². The maximum atomic E-state index is 12.1. The Morgan fingerprint density at radius 1 is 1.56 bits per heavy atom. The van der Waals surface area contributed by atoms with Gasteiger partial charge in [-0.2, -0.15) is 0 Å². The molecule has 0 aliphatic carbocycles. The number of nitrogens with one attached hydrogen (secondary N) is 1. The lowest BCUT2D eigenvalue weighted by atomic mass is 10.2. The fourth-order valence-electron chi connectivity index (χ4n) is 2.10. The van der Waals surface area contributed by atoms with Crippen LogP contribution < -0.4 is 5.32 Å². The van der Waals surface area contributed by atoms with Crippen LogP contribution >= 0.6 is 0 Å². The lowest BCUT2D eigenvalue weighted by molar-refractivity contribution is -0.133. The highest BCUT2D eigenvalue weighted by Gasteiger charge is 2.28. The van der Waals surface area contributed by atoms with Crippen molar-refractivity contribution < 1.29 is 4.79 Å². The number of amides is 1. The number of carbonyl (C=O) groups is 1. The Morgan fingerprint density at radius 2 is 2.25 bits per heavy atom. The Morgan fingerprint density at radius 3 is 2.81 bits per heavy atom. The van der Waals surface area contributed by atoms with Gasteiger partial charge in [0.05, 0.1) is 6.54 Å². The van der Waals surface area contributed by atoms with Gasteiger partial charge < -0.3 is 10.2 Å². The van der Waals surface area contributed by atoms with Gasteiger partial charge in [0.2, 0.25) is 5.91 Å². The van der Waals surface area contributed by atoms with Gasteiger partial charge in [-0.05, 0) is 40.8 Å².